The molecule has 0 amide bonds. The van der Waals surface area contributed by atoms with Crippen molar-refractivity contribution in [1.29, 1.82) is 0 Å². The first-order valence-corrected chi connectivity index (χ1v) is 11.8. The second kappa shape index (κ2) is 13.9. The predicted molar refractivity (Wildman–Crippen MR) is 146 cm³/mol. The van der Waals surface area contributed by atoms with Gasteiger partial charge < -0.3 is 14.5 Å². The predicted octanol–water partition coefficient (Wildman–Crippen LogP) is 7.65. The summed E-state index contributed by atoms with van der Waals surface area (Å²) in [4.78, 5) is 14.8. The number of aromatic amines is 1. The Kier molecular flexibility index (Phi) is 10.1. The Balaban J connectivity index is 0.000000170. The maximum atomic E-state index is 6.70. The molecule has 2 aromatic carbocycles. The number of aryl methyl sites for hydroxylation is 1. The first kappa shape index (κ1) is 26.0. The standard InChI is InChI=1S/C15H14N2O.C9H9NO.C6H7N/c1-2-18-13-7-5-11(6-8-13)14-10-12-4-3-9-16-15(12)17-14;1-3-11-9-6-4-8(10-2)5-7-9;1-6-3-2-4-7-5-6/h3-10H,2H2,1H3,(H,16,17);4-7H,3H2,1H3;2-5H,1H3. The molecule has 0 spiro atoms. The highest BCUT2D eigenvalue weighted by molar-refractivity contribution is 5.82. The van der Waals surface area contributed by atoms with Crippen LogP contribution in [0.4, 0.5) is 5.69 Å². The molecular weight excluding hydrogens is 448 g/mol. The first-order chi connectivity index (χ1) is 17.6. The second-order valence-corrected chi connectivity index (χ2v) is 7.65. The average molecular weight is 479 g/mol. The van der Waals surface area contributed by atoms with E-state index in [2.05, 4.69) is 44.1 Å². The SMILES string of the molecule is CCOc1ccc(-c2cc3cccnc3[nH]2)cc1.Cc1cccnc1.[C-]#[N+]c1ccc(OCC)cc1. The molecule has 0 saturated heterocycles. The van der Waals surface area contributed by atoms with Crippen LogP contribution in [0.2, 0.25) is 0 Å². The minimum absolute atomic E-state index is 0.647. The van der Waals surface area contributed by atoms with Gasteiger partial charge in [-0.25, -0.2) is 9.83 Å². The number of ether oxygens (including phenoxy) is 2. The molecule has 0 aliphatic heterocycles. The Labute approximate surface area is 212 Å². The highest BCUT2D eigenvalue weighted by atomic mass is 16.5. The van der Waals surface area contributed by atoms with Crippen molar-refractivity contribution in [3.63, 3.8) is 0 Å². The van der Waals surface area contributed by atoms with Crippen molar-refractivity contribution >= 4 is 16.7 Å². The first-order valence-electron chi connectivity index (χ1n) is 11.8. The highest BCUT2D eigenvalue weighted by Gasteiger charge is 2.03. The van der Waals surface area contributed by atoms with Gasteiger partial charge in [-0.3, -0.25) is 4.98 Å². The third-order valence-corrected chi connectivity index (χ3v) is 4.95. The third-order valence-electron chi connectivity index (χ3n) is 4.95. The Hall–Kier alpha value is -4.63. The lowest BCUT2D eigenvalue weighted by Gasteiger charge is -2.03. The van der Waals surface area contributed by atoms with Gasteiger partial charge in [0, 0.05) is 29.7 Å². The molecule has 36 heavy (non-hydrogen) atoms. The van der Waals surface area contributed by atoms with Crippen LogP contribution in [-0.2, 0) is 0 Å². The van der Waals surface area contributed by atoms with E-state index in [9.17, 15) is 0 Å². The number of nitrogens with zero attached hydrogens (tertiary/aromatic N) is 3. The summed E-state index contributed by atoms with van der Waals surface area (Å²) in [7, 11) is 0. The van der Waals surface area contributed by atoms with E-state index in [0.29, 0.717) is 18.9 Å². The van der Waals surface area contributed by atoms with Crippen molar-refractivity contribution in [2.45, 2.75) is 20.8 Å². The van der Waals surface area contributed by atoms with Gasteiger partial charge >= 0.3 is 0 Å². The van der Waals surface area contributed by atoms with Gasteiger partial charge in [0.15, 0.2) is 5.69 Å². The van der Waals surface area contributed by atoms with Gasteiger partial charge in [0.25, 0.3) is 0 Å². The lowest BCUT2D eigenvalue weighted by atomic mass is 10.1. The van der Waals surface area contributed by atoms with Crippen LogP contribution in [-0.4, -0.2) is 28.2 Å². The quantitative estimate of drug-likeness (QED) is 0.263. The highest BCUT2D eigenvalue weighted by Crippen LogP contribution is 2.24. The molecule has 0 atom stereocenters. The number of hydrogen-bond acceptors (Lipinski definition) is 4. The summed E-state index contributed by atoms with van der Waals surface area (Å²) in [5.41, 5.74) is 4.99. The van der Waals surface area contributed by atoms with Crippen LogP contribution in [0, 0.1) is 13.5 Å². The van der Waals surface area contributed by atoms with E-state index in [-0.39, 0.29) is 0 Å². The number of H-pyrrole nitrogens is 1. The minimum Gasteiger partial charge on any atom is -0.494 e. The molecule has 0 fully saturated rings. The molecule has 6 heteroatoms. The molecule has 0 unspecified atom stereocenters. The normalized spacial score (nSPS) is 9.72. The van der Waals surface area contributed by atoms with Crippen LogP contribution in [0.25, 0.3) is 27.1 Å². The summed E-state index contributed by atoms with van der Waals surface area (Å²) >= 11 is 0. The zero-order chi connectivity index (χ0) is 25.6. The van der Waals surface area contributed by atoms with Crippen molar-refractivity contribution < 1.29 is 9.47 Å². The van der Waals surface area contributed by atoms with Gasteiger partial charge in [0.05, 0.1) is 19.8 Å². The van der Waals surface area contributed by atoms with Crippen LogP contribution >= 0.6 is 0 Å². The minimum atomic E-state index is 0.647. The largest absolute Gasteiger partial charge is 0.494 e. The van der Waals surface area contributed by atoms with Crippen LogP contribution < -0.4 is 9.47 Å². The van der Waals surface area contributed by atoms with E-state index in [4.69, 9.17) is 16.0 Å². The van der Waals surface area contributed by atoms with Crippen molar-refractivity contribution in [2.75, 3.05) is 13.2 Å². The number of benzene rings is 2. The maximum absolute atomic E-state index is 6.70. The van der Waals surface area contributed by atoms with Gasteiger partial charge in [-0.1, -0.05) is 18.2 Å². The average Bonchev–Trinajstić information content (AvgIpc) is 3.36. The number of nitrogens with one attached hydrogen (secondary N) is 1. The fraction of sp³-hybridized carbons (Fsp3) is 0.167. The topological polar surface area (TPSA) is 64.4 Å². The van der Waals surface area contributed by atoms with Crippen LogP contribution in [0.1, 0.15) is 19.4 Å². The summed E-state index contributed by atoms with van der Waals surface area (Å²) < 4.78 is 10.6. The number of hydrogen-bond donors (Lipinski definition) is 1. The molecule has 3 aromatic heterocycles. The number of fused-ring (bicyclic) bond motifs is 1. The van der Waals surface area contributed by atoms with Crippen LogP contribution in [0.15, 0.2) is 97.5 Å². The van der Waals surface area contributed by atoms with Gasteiger partial charge in [0.1, 0.15) is 17.1 Å². The van der Waals surface area contributed by atoms with Crippen molar-refractivity contribution in [1.82, 2.24) is 15.0 Å². The molecule has 0 radical (unpaired) electrons. The van der Waals surface area contributed by atoms with Gasteiger partial charge in [-0.15, -0.1) is 0 Å². The molecule has 3 heterocycles. The molecule has 0 aliphatic carbocycles. The fourth-order valence-corrected chi connectivity index (χ4v) is 3.24. The fourth-order valence-electron chi connectivity index (χ4n) is 3.24. The molecular formula is C30H30N4O2. The van der Waals surface area contributed by atoms with Gasteiger partial charge in [-0.05, 0) is 92.6 Å². The van der Waals surface area contributed by atoms with E-state index >= 15 is 0 Å². The van der Waals surface area contributed by atoms with E-state index in [1.165, 1.54) is 5.56 Å². The smallest absolute Gasteiger partial charge is 0.187 e. The molecule has 1 N–H and O–H groups in total. The van der Waals surface area contributed by atoms with Crippen LogP contribution in [0.5, 0.6) is 11.5 Å². The van der Waals surface area contributed by atoms with Crippen molar-refractivity contribution in [3.05, 3.63) is 114 Å². The molecule has 6 nitrogen and oxygen atoms in total. The monoisotopic (exact) mass is 478 g/mol. The lowest BCUT2D eigenvalue weighted by molar-refractivity contribution is 0.340. The van der Waals surface area contributed by atoms with E-state index in [0.717, 1.165) is 33.8 Å². The van der Waals surface area contributed by atoms with Gasteiger partial charge in [-0.2, -0.15) is 0 Å². The second-order valence-electron chi connectivity index (χ2n) is 7.65. The molecule has 0 bridgehead atoms. The summed E-state index contributed by atoms with van der Waals surface area (Å²) in [5, 5.41) is 1.13. The molecule has 0 aliphatic rings. The van der Waals surface area contributed by atoms with Crippen molar-refractivity contribution in [3.8, 4) is 22.8 Å². The molecule has 182 valence electrons. The summed E-state index contributed by atoms with van der Waals surface area (Å²) in [6, 6.07) is 25.2. The van der Waals surface area contributed by atoms with E-state index in [1.54, 1.807) is 36.7 Å². The number of pyridine rings is 2. The molecule has 0 saturated carbocycles. The van der Waals surface area contributed by atoms with E-state index in [1.807, 2.05) is 57.3 Å². The zero-order valence-electron chi connectivity index (χ0n) is 20.8. The Morgan fingerprint density at radius 1 is 0.833 bits per heavy atom. The lowest BCUT2D eigenvalue weighted by Crippen LogP contribution is -1.90. The van der Waals surface area contributed by atoms with Crippen molar-refractivity contribution in [2.24, 2.45) is 0 Å². The van der Waals surface area contributed by atoms with Crippen LogP contribution in [0.3, 0.4) is 0 Å². The Morgan fingerprint density at radius 3 is 1.97 bits per heavy atom. The molecule has 5 rings (SSSR count). The summed E-state index contributed by atoms with van der Waals surface area (Å²) in [5.74, 6) is 1.72. The zero-order valence-corrected chi connectivity index (χ0v) is 20.8. The molecule has 5 aromatic rings. The Bertz CT molecular complexity index is 1320. The van der Waals surface area contributed by atoms with E-state index < -0.39 is 0 Å². The summed E-state index contributed by atoms with van der Waals surface area (Å²) in [6.45, 7) is 14.0. The number of aromatic nitrogens is 3. The summed E-state index contributed by atoms with van der Waals surface area (Å²) in [6.07, 6.45) is 5.40. The number of rotatable bonds is 5. The third kappa shape index (κ3) is 8.00. The maximum Gasteiger partial charge on any atom is 0.187 e. The van der Waals surface area contributed by atoms with Gasteiger partial charge in [0.2, 0.25) is 0 Å². The Morgan fingerprint density at radius 2 is 1.47 bits per heavy atom.